The van der Waals surface area contributed by atoms with Crippen LogP contribution in [-0.2, 0) is 6.18 Å². The molecule has 1 N–H and O–H groups in total. The molecule has 0 spiro atoms. The summed E-state index contributed by atoms with van der Waals surface area (Å²) in [5, 5.41) is 3.66. The predicted octanol–water partition coefficient (Wildman–Crippen LogP) is 6.14. The molecule has 0 amide bonds. The van der Waals surface area contributed by atoms with Crippen molar-refractivity contribution >= 4 is 16.7 Å². The third-order valence-electron chi connectivity index (χ3n) is 6.68. The molecule has 6 nitrogen and oxygen atoms in total. The van der Waals surface area contributed by atoms with E-state index >= 15 is 0 Å². The van der Waals surface area contributed by atoms with E-state index in [2.05, 4.69) is 27.2 Å². The molecule has 4 rings (SSSR count). The van der Waals surface area contributed by atoms with E-state index in [-0.39, 0.29) is 17.7 Å². The normalized spacial score (nSPS) is 18.3. The summed E-state index contributed by atoms with van der Waals surface area (Å²) in [6.45, 7) is 6.31. The van der Waals surface area contributed by atoms with Gasteiger partial charge in [0, 0.05) is 23.1 Å². The van der Waals surface area contributed by atoms with Gasteiger partial charge in [0.05, 0.1) is 24.2 Å². The third kappa shape index (κ3) is 5.18. The molecule has 0 unspecified atom stereocenters. The van der Waals surface area contributed by atoms with Gasteiger partial charge in [0.2, 0.25) is 0 Å². The lowest BCUT2D eigenvalue weighted by molar-refractivity contribution is -0.140. The maximum Gasteiger partial charge on any atom is 0.419 e. The number of nitrogens with one attached hydrogen (secondary N) is 1. The molecule has 1 aliphatic heterocycles. The quantitative estimate of drug-likeness (QED) is 0.389. The molecule has 0 aliphatic carbocycles. The Morgan fingerprint density at radius 2 is 1.89 bits per heavy atom. The summed E-state index contributed by atoms with van der Waals surface area (Å²) in [5.74, 6) is 0.515. The number of ether oxygens (including phenoxy) is 2. The molecule has 194 valence electrons. The molecule has 1 saturated heterocycles. The largest absolute Gasteiger partial charge is 0.493 e. The summed E-state index contributed by atoms with van der Waals surface area (Å²) in [6.07, 6.45) is -2.76. The minimum absolute atomic E-state index is 0.107. The SMILES string of the molecule is COc1cc2nc(C)nc(N[C@H](C)c3cccc(C(F)(F)F)c3F)c2cc1O[C@@H](C)[C@@H]1CCCN1C. The van der Waals surface area contributed by atoms with Crippen LogP contribution in [0, 0.1) is 12.7 Å². The number of aryl methyl sites for hydroxylation is 1. The van der Waals surface area contributed by atoms with Gasteiger partial charge in [-0.3, -0.25) is 4.90 Å². The van der Waals surface area contributed by atoms with Crippen LogP contribution < -0.4 is 14.8 Å². The van der Waals surface area contributed by atoms with Crippen molar-refractivity contribution < 1.29 is 27.0 Å². The second kappa shape index (κ2) is 10.1. The molecule has 1 fully saturated rings. The molecular weight excluding hydrogens is 476 g/mol. The number of hydrogen-bond donors (Lipinski definition) is 1. The van der Waals surface area contributed by atoms with Crippen LogP contribution >= 0.6 is 0 Å². The first-order valence-corrected chi connectivity index (χ1v) is 11.8. The Morgan fingerprint density at radius 3 is 2.53 bits per heavy atom. The fraction of sp³-hybridized carbons (Fsp3) is 0.462. The number of fused-ring (bicyclic) bond motifs is 1. The number of benzene rings is 2. The van der Waals surface area contributed by atoms with E-state index in [0.717, 1.165) is 25.5 Å². The van der Waals surface area contributed by atoms with Crippen molar-refractivity contribution in [3.8, 4) is 11.5 Å². The monoisotopic (exact) mass is 506 g/mol. The lowest BCUT2D eigenvalue weighted by atomic mass is 10.0. The second-order valence-electron chi connectivity index (χ2n) is 9.23. The van der Waals surface area contributed by atoms with Crippen LogP contribution in [0.2, 0.25) is 0 Å². The lowest BCUT2D eigenvalue weighted by Crippen LogP contribution is -2.38. The Labute approximate surface area is 207 Å². The zero-order chi connectivity index (χ0) is 26.2. The van der Waals surface area contributed by atoms with E-state index in [9.17, 15) is 17.6 Å². The Bertz CT molecular complexity index is 1250. The van der Waals surface area contributed by atoms with Crippen LogP contribution in [-0.4, -0.2) is 47.7 Å². The number of likely N-dealkylation sites (tertiary alicyclic amines) is 1. The molecule has 36 heavy (non-hydrogen) atoms. The van der Waals surface area contributed by atoms with Crippen LogP contribution in [0.3, 0.4) is 0 Å². The molecule has 3 atom stereocenters. The highest BCUT2D eigenvalue weighted by molar-refractivity contribution is 5.92. The average molecular weight is 507 g/mol. The molecule has 0 bridgehead atoms. The molecule has 1 aliphatic rings. The van der Waals surface area contributed by atoms with E-state index in [4.69, 9.17) is 9.47 Å². The van der Waals surface area contributed by atoms with Gasteiger partial charge in [-0.2, -0.15) is 13.2 Å². The van der Waals surface area contributed by atoms with E-state index in [0.29, 0.717) is 34.0 Å². The van der Waals surface area contributed by atoms with Crippen LogP contribution in [0.15, 0.2) is 30.3 Å². The maximum absolute atomic E-state index is 14.8. The number of methoxy groups -OCH3 is 1. The minimum atomic E-state index is -4.79. The highest BCUT2D eigenvalue weighted by atomic mass is 19.4. The van der Waals surface area contributed by atoms with Crippen LogP contribution in [0.25, 0.3) is 10.9 Å². The van der Waals surface area contributed by atoms with Crippen LogP contribution in [0.5, 0.6) is 11.5 Å². The lowest BCUT2D eigenvalue weighted by Gasteiger charge is -2.27. The van der Waals surface area contributed by atoms with Gasteiger partial charge in [-0.25, -0.2) is 14.4 Å². The maximum atomic E-state index is 14.8. The van der Waals surface area contributed by atoms with Gasteiger partial charge >= 0.3 is 6.18 Å². The Kier molecular flexibility index (Phi) is 7.26. The Balaban J connectivity index is 1.71. The van der Waals surface area contributed by atoms with Gasteiger partial charge in [0.15, 0.2) is 11.5 Å². The van der Waals surface area contributed by atoms with E-state index < -0.39 is 23.6 Å². The summed E-state index contributed by atoms with van der Waals surface area (Å²) in [4.78, 5) is 11.2. The van der Waals surface area contributed by atoms with Crippen molar-refractivity contribution in [1.82, 2.24) is 14.9 Å². The van der Waals surface area contributed by atoms with E-state index in [1.807, 2.05) is 6.92 Å². The summed E-state index contributed by atoms with van der Waals surface area (Å²) in [6, 6.07) is 6.22. The summed E-state index contributed by atoms with van der Waals surface area (Å²) in [5.41, 5.74) is -0.850. The number of alkyl halides is 3. The first kappa shape index (κ1) is 25.9. The van der Waals surface area contributed by atoms with Gasteiger partial charge in [-0.05, 0) is 59.3 Å². The number of anilines is 1. The topological polar surface area (TPSA) is 59.5 Å². The zero-order valence-corrected chi connectivity index (χ0v) is 20.9. The number of halogens is 4. The smallest absolute Gasteiger partial charge is 0.419 e. The fourth-order valence-corrected chi connectivity index (χ4v) is 4.81. The first-order valence-electron chi connectivity index (χ1n) is 11.8. The number of aromatic nitrogens is 2. The summed E-state index contributed by atoms with van der Waals surface area (Å²) < 4.78 is 66.3. The fourth-order valence-electron chi connectivity index (χ4n) is 4.81. The highest BCUT2D eigenvalue weighted by Gasteiger charge is 2.35. The number of rotatable bonds is 7. The van der Waals surface area contributed by atoms with Gasteiger partial charge < -0.3 is 14.8 Å². The van der Waals surface area contributed by atoms with Gasteiger partial charge in [0.25, 0.3) is 0 Å². The van der Waals surface area contributed by atoms with Crippen molar-refractivity contribution in [2.75, 3.05) is 26.0 Å². The van der Waals surface area contributed by atoms with E-state index in [1.54, 1.807) is 33.1 Å². The molecule has 0 saturated carbocycles. The van der Waals surface area contributed by atoms with Gasteiger partial charge in [-0.1, -0.05) is 12.1 Å². The molecule has 3 aromatic rings. The van der Waals surface area contributed by atoms with Gasteiger partial charge in [-0.15, -0.1) is 0 Å². The summed E-state index contributed by atoms with van der Waals surface area (Å²) in [7, 11) is 3.62. The van der Waals surface area contributed by atoms with Crippen LogP contribution in [0.4, 0.5) is 23.4 Å². The minimum Gasteiger partial charge on any atom is -0.493 e. The van der Waals surface area contributed by atoms with Crippen molar-refractivity contribution in [1.29, 1.82) is 0 Å². The van der Waals surface area contributed by atoms with Crippen molar-refractivity contribution in [2.24, 2.45) is 0 Å². The number of nitrogens with zero attached hydrogens (tertiary/aromatic N) is 3. The molecule has 1 aromatic heterocycles. The predicted molar refractivity (Wildman–Crippen MR) is 130 cm³/mol. The third-order valence-corrected chi connectivity index (χ3v) is 6.68. The highest BCUT2D eigenvalue weighted by Crippen LogP contribution is 2.38. The molecule has 2 heterocycles. The van der Waals surface area contributed by atoms with Crippen molar-refractivity contribution in [2.45, 2.75) is 58.0 Å². The second-order valence-corrected chi connectivity index (χ2v) is 9.23. The number of hydrogen-bond acceptors (Lipinski definition) is 6. The number of likely N-dealkylation sites (N-methyl/N-ethyl adjacent to an activating group) is 1. The standard InChI is InChI=1S/C26H30F4N4O2/c1-14(17-8-6-9-19(24(17)27)26(28,29)30)31-25-18-12-23(36-15(2)21-10-7-11-34(21)4)22(35-5)13-20(18)32-16(3)33-25/h6,8-9,12-15,21H,7,10-11H2,1-5H3,(H,31,32,33)/t14-,15+,21+/m1/s1. The van der Waals surface area contributed by atoms with Crippen molar-refractivity contribution in [3.63, 3.8) is 0 Å². The van der Waals surface area contributed by atoms with Crippen molar-refractivity contribution in [3.05, 3.63) is 53.1 Å². The zero-order valence-electron chi connectivity index (χ0n) is 20.9. The molecular formula is C26H30F4N4O2. The first-order chi connectivity index (χ1) is 17.0. The van der Waals surface area contributed by atoms with Crippen LogP contribution in [0.1, 0.15) is 49.7 Å². The van der Waals surface area contributed by atoms with E-state index in [1.165, 1.54) is 12.1 Å². The van der Waals surface area contributed by atoms with Gasteiger partial charge in [0.1, 0.15) is 23.6 Å². The average Bonchev–Trinajstić information content (AvgIpc) is 3.24. The molecule has 2 aromatic carbocycles. The molecule has 10 heteroatoms. The Hall–Kier alpha value is -3.14. The molecule has 0 radical (unpaired) electrons. The summed E-state index contributed by atoms with van der Waals surface area (Å²) >= 11 is 0. The Morgan fingerprint density at radius 1 is 1.14 bits per heavy atom.